The predicted octanol–water partition coefficient (Wildman–Crippen LogP) is 4.37. The quantitative estimate of drug-likeness (QED) is 0.426. The summed E-state index contributed by atoms with van der Waals surface area (Å²) in [6.07, 6.45) is -7.32. The third-order valence-corrected chi connectivity index (χ3v) is 3.11. The number of hydrogen-bond acceptors (Lipinski definition) is 3. The molecule has 1 aromatic carbocycles. The van der Waals surface area contributed by atoms with Gasteiger partial charge in [0.2, 0.25) is 0 Å². The van der Waals surface area contributed by atoms with Gasteiger partial charge in [0.05, 0.1) is 15.6 Å². The van der Waals surface area contributed by atoms with Gasteiger partial charge >= 0.3 is 12.4 Å². The molecule has 0 bridgehead atoms. The van der Waals surface area contributed by atoms with E-state index in [0.717, 1.165) is 17.2 Å². The molecule has 24 heavy (non-hydrogen) atoms. The average Bonchev–Trinajstić information content (AvgIpc) is 2.93. The fourth-order valence-electron chi connectivity index (χ4n) is 1.71. The number of aldehydes is 1. The Morgan fingerprint density at radius 3 is 2.04 bits per heavy atom. The van der Waals surface area contributed by atoms with Crippen molar-refractivity contribution in [1.29, 1.82) is 0 Å². The van der Waals surface area contributed by atoms with E-state index in [-0.39, 0.29) is 16.4 Å². The van der Waals surface area contributed by atoms with Crippen LogP contribution >= 0.6 is 15.9 Å². The van der Waals surface area contributed by atoms with Crippen LogP contribution in [-0.4, -0.2) is 21.1 Å². The molecule has 11 heteroatoms. The van der Waals surface area contributed by atoms with E-state index in [1.165, 1.54) is 0 Å². The fraction of sp³-hybridized carbons (Fsp3) is 0.154. The van der Waals surface area contributed by atoms with Crippen molar-refractivity contribution in [3.05, 3.63) is 40.1 Å². The molecule has 1 heterocycles. The number of hydrogen-bond donors (Lipinski definition) is 0. The maximum absolute atomic E-state index is 12.8. The van der Waals surface area contributed by atoms with Crippen molar-refractivity contribution in [2.45, 2.75) is 12.4 Å². The summed E-state index contributed by atoms with van der Waals surface area (Å²) in [5.41, 5.74) is -3.38. The second-order valence-corrected chi connectivity index (χ2v) is 5.39. The molecule has 0 radical (unpaired) electrons. The van der Waals surface area contributed by atoms with Crippen LogP contribution < -0.4 is 0 Å². The summed E-state index contributed by atoms with van der Waals surface area (Å²) in [6.45, 7) is 0. The van der Waals surface area contributed by atoms with Crippen molar-refractivity contribution >= 4 is 28.4 Å². The van der Waals surface area contributed by atoms with Crippen molar-refractivity contribution in [2.24, 2.45) is 0 Å². The molecule has 0 aliphatic rings. The normalized spacial score (nSPS) is 13.2. The molecule has 0 N–H and O–H groups in total. The van der Waals surface area contributed by atoms with Gasteiger partial charge in [-0.2, -0.15) is 26.3 Å². The topological polar surface area (TPSA) is 47.8 Å². The molecule has 2 aromatic rings. The Bertz CT molecular complexity index is 761. The molecule has 0 unspecified atom stereocenters. The number of allylic oxidation sites excluding steroid dienone is 1. The van der Waals surface area contributed by atoms with Crippen molar-refractivity contribution < 1.29 is 31.1 Å². The number of carbonyl (C=O) groups excluding carboxylic acids is 1. The van der Waals surface area contributed by atoms with Crippen LogP contribution in [0.15, 0.2) is 29.0 Å². The van der Waals surface area contributed by atoms with Crippen LogP contribution in [0, 0.1) is 0 Å². The molecule has 1 aromatic heterocycles. The monoisotopic (exact) mass is 413 g/mol. The first-order valence-electron chi connectivity index (χ1n) is 6.04. The molecule has 0 amide bonds. The van der Waals surface area contributed by atoms with Crippen LogP contribution in [0.3, 0.4) is 0 Å². The van der Waals surface area contributed by atoms with Crippen LogP contribution in [0.5, 0.6) is 0 Å². The Kier molecular flexibility index (Phi) is 4.83. The number of halogens is 7. The summed E-state index contributed by atoms with van der Waals surface area (Å²) in [5.74, 6) is -0.353. The van der Waals surface area contributed by atoms with E-state index in [0.29, 0.717) is 18.4 Å². The number of rotatable bonds is 3. The smallest absolute Gasteiger partial charge is 0.297 e. The van der Waals surface area contributed by atoms with Gasteiger partial charge < -0.3 is 0 Å². The molecule has 2 rings (SSSR count). The maximum Gasteiger partial charge on any atom is 0.416 e. The zero-order valence-corrected chi connectivity index (χ0v) is 12.9. The molecule has 0 aliphatic heterocycles. The van der Waals surface area contributed by atoms with E-state index >= 15 is 0 Å². The van der Waals surface area contributed by atoms with Crippen molar-refractivity contribution in [3.63, 3.8) is 0 Å². The van der Waals surface area contributed by atoms with Crippen LogP contribution in [0.2, 0.25) is 0 Å². The van der Waals surface area contributed by atoms with Gasteiger partial charge in [-0.3, -0.25) is 4.79 Å². The highest BCUT2D eigenvalue weighted by Crippen LogP contribution is 2.38. The van der Waals surface area contributed by atoms with Gasteiger partial charge in [0, 0.05) is 11.8 Å². The van der Waals surface area contributed by atoms with Gasteiger partial charge in [0.1, 0.15) is 6.33 Å². The van der Waals surface area contributed by atoms with E-state index < -0.39 is 29.0 Å². The number of carbonyl (C=O) groups is 1. The van der Waals surface area contributed by atoms with Crippen LogP contribution in [0.4, 0.5) is 26.3 Å². The molecular formula is C13H6BrF6N3O. The van der Waals surface area contributed by atoms with Crippen LogP contribution in [0.25, 0.3) is 17.6 Å². The van der Waals surface area contributed by atoms with E-state index in [1.807, 2.05) is 0 Å². The summed E-state index contributed by atoms with van der Waals surface area (Å²) in [7, 11) is 0. The highest BCUT2D eigenvalue weighted by molar-refractivity contribution is 9.12. The lowest BCUT2D eigenvalue weighted by molar-refractivity contribution is -0.143. The molecule has 0 fully saturated rings. The summed E-state index contributed by atoms with van der Waals surface area (Å²) < 4.78 is 77.9. The molecule has 0 aliphatic carbocycles. The van der Waals surface area contributed by atoms with Gasteiger partial charge in [0.15, 0.2) is 12.1 Å². The van der Waals surface area contributed by atoms with Gasteiger partial charge in [-0.15, -0.1) is 5.10 Å². The van der Waals surface area contributed by atoms with E-state index in [2.05, 4.69) is 26.0 Å². The summed E-state index contributed by atoms with van der Waals surface area (Å²) in [5, 5.41) is 3.72. The minimum atomic E-state index is -4.96. The van der Waals surface area contributed by atoms with E-state index in [4.69, 9.17) is 0 Å². The lowest BCUT2D eigenvalue weighted by atomic mass is 10.0. The molecule has 0 saturated heterocycles. The molecule has 0 atom stereocenters. The Hall–Kier alpha value is -2.17. The van der Waals surface area contributed by atoms with E-state index in [1.54, 1.807) is 0 Å². The van der Waals surface area contributed by atoms with Crippen LogP contribution in [-0.2, 0) is 17.1 Å². The second-order valence-electron chi connectivity index (χ2n) is 4.47. The van der Waals surface area contributed by atoms with Gasteiger partial charge in [-0.1, -0.05) is 0 Å². The standard InChI is InChI=1S/C13H6BrF6N3O/c14-10(5-24)4-23-6-21-11(22-23)7-1-8(12(15,16)17)3-9(2-7)13(18,19)20/h1-6H/b10-4-. The number of nitrogens with zero attached hydrogens (tertiary/aromatic N) is 3. The summed E-state index contributed by atoms with van der Waals surface area (Å²) in [6, 6.07) is 1.06. The van der Waals surface area contributed by atoms with Gasteiger partial charge in [0.25, 0.3) is 0 Å². The first kappa shape index (κ1) is 18.2. The van der Waals surface area contributed by atoms with Gasteiger partial charge in [-0.05, 0) is 34.1 Å². The first-order chi connectivity index (χ1) is 11.0. The minimum Gasteiger partial charge on any atom is -0.297 e. The molecule has 128 valence electrons. The largest absolute Gasteiger partial charge is 0.416 e. The number of aromatic nitrogens is 3. The number of benzene rings is 1. The molecule has 0 spiro atoms. The Morgan fingerprint density at radius 2 is 1.58 bits per heavy atom. The SMILES string of the molecule is O=C/C(Br)=C/n1cnc(-c2cc(C(F)(F)F)cc(C(F)(F)F)c2)n1. The third-order valence-electron chi connectivity index (χ3n) is 2.72. The third kappa shape index (κ3) is 4.22. The Balaban J connectivity index is 2.56. The first-order valence-corrected chi connectivity index (χ1v) is 6.83. The zero-order chi connectivity index (χ0) is 18.1. The Morgan fingerprint density at radius 1 is 1.04 bits per heavy atom. The molecule has 0 saturated carbocycles. The lowest BCUT2D eigenvalue weighted by Gasteiger charge is -2.13. The number of alkyl halides is 6. The average molecular weight is 414 g/mol. The fourth-order valence-corrected chi connectivity index (χ4v) is 1.92. The summed E-state index contributed by atoms with van der Waals surface area (Å²) in [4.78, 5) is 14.1. The predicted molar refractivity (Wildman–Crippen MR) is 74.7 cm³/mol. The Labute approximate surface area is 138 Å². The highest BCUT2D eigenvalue weighted by Gasteiger charge is 2.37. The zero-order valence-electron chi connectivity index (χ0n) is 11.4. The van der Waals surface area contributed by atoms with Crippen LogP contribution in [0.1, 0.15) is 11.1 Å². The van der Waals surface area contributed by atoms with Crippen molar-refractivity contribution in [2.75, 3.05) is 0 Å². The highest BCUT2D eigenvalue weighted by atomic mass is 79.9. The molecule has 4 nitrogen and oxygen atoms in total. The maximum atomic E-state index is 12.8. The second kappa shape index (κ2) is 6.38. The molecular weight excluding hydrogens is 408 g/mol. The van der Waals surface area contributed by atoms with E-state index in [9.17, 15) is 31.1 Å². The lowest BCUT2D eigenvalue weighted by Crippen LogP contribution is -2.11. The van der Waals surface area contributed by atoms with Crippen molar-refractivity contribution in [3.8, 4) is 11.4 Å². The summed E-state index contributed by atoms with van der Waals surface area (Å²) >= 11 is 2.86. The minimum absolute atomic E-state index is 0.0172. The van der Waals surface area contributed by atoms with Gasteiger partial charge in [-0.25, -0.2) is 9.67 Å². The van der Waals surface area contributed by atoms with Crippen molar-refractivity contribution in [1.82, 2.24) is 14.8 Å².